The second-order valence-corrected chi connectivity index (χ2v) is 7.86. The number of nitrogens with zero attached hydrogens (tertiary/aromatic N) is 4. The molecular formula is C26H21N5O3. The zero-order chi connectivity index (χ0) is 23.5. The highest BCUT2D eigenvalue weighted by atomic mass is 16.5. The number of rotatable bonds is 6. The van der Waals surface area contributed by atoms with Crippen molar-refractivity contribution >= 4 is 16.8 Å². The van der Waals surface area contributed by atoms with Gasteiger partial charge >= 0.3 is 0 Å². The van der Waals surface area contributed by atoms with Crippen LogP contribution in [0.5, 0.6) is 0 Å². The minimum absolute atomic E-state index is 0.0996. The fraction of sp³-hybridized carbons (Fsp3) is 0.115. The molecule has 168 valence electrons. The summed E-state index contributed by atoms with van der Waals surface area (Å²) in [6.45, 7) is 2.30. The number of hydrogen-bond acceptors (Lipinski definition) is 6. The minimum atomic E-state index is -0.330. The molecule has 0 fully saturated rings. The third kappa shape index (κ3) is 4.21. The SMILES string of the molecule is Cc1ccccc1CNC(=O)Cn1c(=O)cc(-c2nc(-c3ccncc3)no2)c2ccccc21. The van der Waals surface area contributed by atoms with Crippen molar-refractivity contribution in [2.75, 3.05) is 0 Å². The van der Waals surface area contributed by atoms with E-state index in [0.717, 1.165) is 22.1 Å². The molecule has 0 radical (unpaired) electrons. The van der Waals surface area contributed by atoms with Crippen molar-refractivity contribution in [3.05, 3.63) is 101 Å². The van der Waals surface area contributed by atoms with E-state index in [2.05, 4.69) is 20.4 Å². The molecule has 2 aromatic carbocycles. The van der Waals surface area contributed by atoms with E-state index in [1.807, 2.05) is 49.4 Å². The van der Waals surface area contributed by atoms with Gasteiger partial charge in [-0.15, -0.1) is 0 Å². The van der Waals surface area contributed by atoms with Crippen molar-refractivity contribution in [1.29, 1.82) is 0 Å². The molecule has 0 saturated carbocycles. The van der Waals surface area contributed by atoms with E-state index in [0.29, 0.717) is 23.4 Å². The molecule has 1 N–H and O–H groups in total. The predicted octanol–water partition coefficient (Wildman–Crippen LogP) is 3.74. The molecule has 34 heavy (non-hydrogen) atoms. The van der Waals surface area contributed by atoms with Crippen LogP contribution in [0.25, 0.3) is 33.7 Å². The van der Waals surface area contributed by atoms with E-state index in [4.69, 9.17) is 4.52 Å². The molecule has 0 aliphatic heterocycles. The summed E-state index contributed by atoms with van der Waals surface area (Å²) >= 11 is 0. The Morgan fingerprint density at radius 3 is 2.62 bits per heavy atom. The maximum absolute atomic E-state index is 13.1. The Balaban J connectivity index is 1.45. The molecule has 0 saturated heterocycles. The lowest BCUT2D eigenvalue weighted by Crippen LogP contribution is -2.32. The van der Waals surface area contributed by atoms with Crippen LogP contribution in [-0.4, -0.2) is 25.6 Å². The first-order valence-corrected chi connectivity index (χ1v) is 10.8. The highest BCUT2D eigenvalue weighted by Gasteiger charge is 2.17. The molecule has 0 unspecified atom stereocenters. The molecule has 8 nitrogen and oxygen atoms in total. The first-order valence-electron chi connectivity index (χ1n) is 10.8. The summed E-state index contributed by atoms with van der Waals surface area (Å²) in [5, 5.41) is 7.68. The normalized spacial score (nSPS) is 11.0. The Morgan fingerprint density at radius 1 is 1.03 bits per heavy atom. The third-order valence-electron chi connectivity index (χ3n) is 5.65. The summed E-state index contributed by atoms with van der Waals surface area (Å²) in [5.74, 6) is 0.388. The molecule has 0 bridgehead atoms. The van der Waals surface area contributed by atoms with Gasteiger partial charge in [0.1, 0.15) is 6.54 Å². The number of benzene rings is 2. The van der Waals surface area contributed by atoms with E-state index in [1.54, 1.807) is 30.6 Å². The highest BCUT2D eigenvalue weighted by molar-refractivity contribution is 5.93. The van der Waals surface area contributed by atoms with Crippen LogP contribution in [0.15, 0.2) is 88.4 Å². The Kier molecular flexibility index (Phi) is 5.70. The molecular weight excluding hydrogens is 430 g/mol. The number of nitrogens with one attached hydrogen (secondary N) is 1. The van der Waals surface area contributed by atoms with Crippen molar-refractivity contribution in [3.8, 4) is 22.8 Å². The van der Waals surface area contributed by atoms with Gasteiger partial charge in [0.05, 0.1) is 11.1 Å². The van der Waals surface area contributed by atoms with Crippen LogP contribution < -0.4 is 10.9 Å². The number of aryl methyl sites for hydroxylation is 1. The number of pyridine rings is 2. The topological polar surface area (TPSA) is 103 Å². The van der Waals surface area contributed by atoms with Gasteiger partial charge in [0.15, 0.2) is 0 Å². The fourth-order valence-electron chi connectivity index (χ4n) is 3.83. The van der Waals surface area contributed by atoms with Crippen molar-refractivity contribution in [3.63, 3.8) is 0 Å². The van der Waals surface area contributed by atoms with Gasteiger partial charge in [-0.25, -0.2) is 0 Å². The second kappa shape index (κ2) is 9.11. The molecule has 0 aliphatic carbocycles. The number of aromatic nitrogens is 4. The van der Waals surface area contributed by atoms with Crippen molar-refractivity contribution in [1.82, 2.24) is 25.0 Å². The van der Waals surface area contributed by atoms with Crippen LogP contribution in [-0.2, 0) is 17.9 Å². The second-order valence-electron chi connectivity index (χ2n) is 7.86. The average molecular weight is 451 g/mol. The first-order chi connectivity index (χ1) is 16.6. The molecule has 5 rings (SSSR count). The molecule has 5 aromatic rings. The fourth-order valence-corrected chi connectivity index (χ4v) is 3.83. The predicted molar refractivity (Wildman–Crippen MR) is 128 cm³/mol. The van der Waals surface area contributed by atoms with E-state index >= 15 is 0 Å². The van der Waals surface area contributed by atoms with E-state index in [-0.39, 0.29) is 23.9 Å². The van der Waals surface area contributed by atoms with Gasteiger partial charge in [0.25, 0.3) is 11.4 Å². The van der Waals surface area contributed by atoms with Crippen LogP contribution in [0.3, 0.4) is 0 Å². The van der Waals surface area contributed by atoms with Crippen LogP contribution in [0.2, 0.25) is 0 Å². The molecule has 0 atom stereocenters. The number of amides is 1. The molecule has 3 heterocycles. The number of para-hydroxylation sites is 1. The number of fused-ring (bicyclic) bond motifs is 1. The number of carbonyl (C=O) groups excluding carboxylic acids is 1. The summed E-state index contributed by atoms with van der Waals surface area (Å²) in [6, 6.07) is 20.2. The lowest BCUT2D eigenvalue weighted by atomic mass is 10.1. The van der Waals surface area contributed by atoms with Crippen LogP contribution >= 0.6 is 0 Å². The Morgan fingerprint density at radius 2 is 1.79 bits per heavy atom. The van der Waals surface area contributed by atoms with Crippen LogP contribution in [0, 0.1) is 6.92 Å². The molecule has 0 spiro atoms. The average Bonchev–Trinajstić information content (AvgIpc) is 3.36. The van der Waals surface area contributed by atoms with Crippen LogP contribution in [0.1, 0.15) is 11.1 Å². The van der Waals surface area contributed by atoms with Gasteiger partial charge in [-0.3, -0.25) is 19.1 Å². The monoisotopic (exact) mass is 451 g/mol. The molecule has 1 amide bonds. The summed E-state index contributed by atoms with van der Waals surface area (Å²) in [7, 11) is 0. The first kappa shape index (κ1) is 21.3. The zero-order valence-corrected chi connectivity index (χ0v) is 18.4. The highest BCUT2D eigenvalue weighted by Crippen LogP contribution is 2.27. The summed E-state index contributed by atoms with van der Waals surface area (Å²) in [5.41, 5.74) is 3.69. The van der Waals surface area contributed by atoms with E-state index < -0.39 is 0 Å². The third-order valence-corrected chi connectivity index (χ3v) is 5.65. The number of hydrogen-bond donors (Lipinski definition) is 1. The minimum Gasteiger partial charge on any atom is -0.350 e. The Hall–Kier alpha value is -4.59. The van der Waals surface area contributed by atoms with E-state index in [9.17, 15) is 9.59 Å². The summed E-state index contributed by atoms with van der Waals surface area (Å²) in [4.78, 5) is 34.2. The largest absolute Gasteiger partial charge is 0.350 e. The van der Waals surface area contributed by atoms with E-state index in [1.165, 1.54) is 10.6 Å². The zero-order valence-electron chi connectivity index (χ0n) is 18.4. The van der Waals surface area contributed by atoms with Gasteiger partial charge in [-0.1, -0.05) is 47.6 Å². The standard InChI is InChI=1S/C26H21N5O3/c1-17-6-2-3-7-19(17)15-28-23(32)16-31-22-9-5-4-8-20(22)21(14-24(31)33)26-29-25(30-34-26)18-10-12-27-13-11-18/h2-14H,15-16H2,1H3,(H,28,32). The van der Waals surface area contributed by atoms with Gasteiger partial charge in [-0.05, 0) is 36.2 Å². The van der Waals surface area contributed by atoms with Gasteiger partial charge in [0, 0.05) is 36.0 Å². The molecule has 8 heteroatoms. The molecule has 3 aromatic heterocycles. The maximum atomic E-state index is 13.1. The lowest BCUT2D eigenvalue weighted by molar-refractivity contribution is -0.121. The summed E-state index contributed by atoms with van der Waals surface area (Å²) in [6.07, 6.45) is 3.29. The van der Waals surface area contributed by atoms with Gasteiger partial charge in [-0.2, -0.15) is 4.98 Å². The van der Waals surface area contributed by atoms with Crippen molar-refractivity contribution < 1.29 is 9.32 Å². The van der Waals surface area contributed by atoms with Crippen molar-refractivity contribution in [2.45, 2.75) is 20.0 Å². The quantitative estimate of drug-likeness (QED) is 0.422. The number of carbonyl (C=O) groups is 1. The maximum Gasteiger partial charge on any atom is 0.259 e. The lowest BCUT2D eigenvalue weighted by Gasteiger charge is -2.13. The summed E-state index contributed by atoms with van der Waals surface area (Å²) < 4.78 is 6.93. The Bertz CT molecular complexity index is 1540. The van der Waals surface area contributed by atoms with Gasteiger partial charge in [0.2, 0.25) is 11.7 Å². The van der Waals surface area contributed by atoms with Gasteiger partial charge < -0.3 is 9.84 Å². The van der Waals surface area contributed by atoms with Crippen LogP contribution in [0.4, 0.5) is 0 Å². The molecule has 0 aliphatic rings. The Labute approximate surface area is 194 Å². The van der Waals surface area contributed by atoms with Crippen molar-refractivity contribution in [2.24, 2.45) is 0 Å². The smallest absolute Gasteiger partial charge is 0.259 e.